The molecule has 0 aliphatic carbocycles. The van der Waals surface area contributed by atoms with E-state index < -0.39 is 5.97 Å². The second-order valence-corrected chi connectivity index (χ2v) is 6.61. The minimum absolute atomic E-state index is 0.0459. The molecule has 0 saturated carbocycles. The Bertz CT molecular complexity index is 1020. The Balaban J connectivity index is 1.38. The molecule has 11 heteroatoms. The number of hydrogen-bond donors (Lipinski definition) is 2. The summed E-state index contributed by atoms with van der Waals surface area (Å²) in [4.78, 5) is 26.4. The Morgan fingerprint density at radius 2 is 1.83 bits per heavy atom. The SMILES string of the molecule is Nc1nc(COC(=O)c2ccc(N3CCCC3)nn2)nc(Nc2ccc(F)cc2)n1. The zero-order valence-corrected chi connectivity index (χ0v) is 16.0. The Morgan fingerprint density at radius 1 is 1.07 bits per heavy atom. The zero-order valence-electron chi connectivity index (χ0n) is 16.0. The fraction of sp³-hybridized carbons (Fsp3) is 0.263. The van der Waals surface area contributed by atoms with Crippen molar-refractivity contribution in [3.05, 3.63) is 53.7 Å². The largest absolute Gasteiger partial charge is 0.453 e. The number of anilines is 4. The summed E-state index contributed by atoms with van der Waals surface area (Å²) >= 11 is 0. The van der Waals surface area contributed by atoms with E-state index in [-0.39, 0.29) is 35.8 Å². The number of carbonyl (C=O) groups excluding carboxylic acids is 1. The number of nitrogens with zero attached hydrogens (tertiary/aromatic N) is 6. The fourth-order valence-electron chi connectivity index (χ4n) is 2.97. The highest BCUT2D eigenvalue weighted by atomic mass is 19.1. The fourth-order valence-corrected chi connectivity index (χ4v) is 2.97. The molecule has 4 rings (SSSR count). The summed E-state index contributed by atoms with van der Waals surface area (Å²) in [6.45, 7) is 1.65. The van der Waals surface area contributed by atoms with E-state index >= 15 is 0 Å². The maximum Gasteiger partial charge on any atom is 0.359 e. The molecule has 1 saturated heterocycles. The first-order valence-corrected chi connectivity index (χ1v) is 9.36. The zero-order chi connectivity index (χ0) is 20.9. The number of aromatic nitrogens is 5. The van der Waals surface area contributed by atoms with Gasteiger partial charge < -0.3 is 20.7 Å². The van der Waals surface area contributed by atoms with Crippen LogP contribution in [0.4, 0.5) is 27.8 Å². The Morgan fingerprint density at radius 3 is 2.53 bits per heavy atom. The average Bonchev–Trinajstić information content (AvgIpc) is 3.28. The maximum atomic E-state index is 13.0. The predicted octanol–water partition coefficient (Wildman–Crippen LogP) is 2.08. The number of rotatable bonds is 6. The third-order valence-corrected chi connectivity index (χ3v) is 4.42. The molecule has 3 aromatic rings. The molecule has 154 valence electrons. The van der Waals surface area contributed by atoms with E-state index in [4.69, 9.17) is 10.5 Å². The van der Waals surface area contributed by atoms with Crippen LogP contribution in [-0.4, -0.2) is 44.2 Å². The highest BCUT2D eigenvalue weighted by Gasteiger charge is 2.16. The van der Waals surface area contributed by atoms with Crippen LogP contribution < -0.4 is 16.0 Å². The van der Waals surface area contributed by atoms with Gasteiger partial charge in [0.15, 0.2) is 23.9 Å². The predicted molar refractivity (Wildman–Crippen MR) is 107 cm³/mol. The van der Waals surface area contributed by atoms with Crippen molar-refractivity contribution in [1.29, 1.82) is 0 Å². The molecule has 30 heavy (non-hydrogen) atoms. The number of hydrogen-bond acceptors (Lipinski definition) is 10. The van der Waals surface area contributed by atoms with Gasteiger partial charge in [-0.3, -0.25) is 0 Å². The van der Waals surface area contributed by atoms with Crippen molar-refractivity contribution < 1.29 is 13.9 Å². The van der Waals surface area contributed by atoms with Crippen LogP contribution in [0, 0.1) is 5.82 Å². The van der Waals surface area contributed by atoms with E-state index in [1.807, 2.05) is 0 Å². The molecule has 3 N–H and O–H groups in total. The monoisotopic (exact) mass is 410 g/mol. The first-order chi connectivity index (χ1) is 14.6. The van der Waals surface area contributed by atoms with E-state index in [1.54, 1.807) is 12.1 Å². The lowest BCUT2D eigenvalue weighted by atomic mass is 10.3. The van der Waals surface area contributed by atoms with E-state index in [2.05, 4.69) is 35.4 Å². The lowest BCUT2D eigenvalue weighted by Gasteiger charge is -2.15. The van der Waals surface area contributed by atoms with Gasteiger partial charge in [0.1, 0.15) is 5.82 Å². The van der Waals surface area contributed by atoms with Crippen molar-refractivity contribution in [3.63, 3.8) is 0 Å². The van der Waals surface area contributed by atoms with Crippen LogP contribution >= 0.6 is 0 Å². The minimum atomic E-state index is -0.650. The molecule has 0 unspecified atom stereocenters. The highest BCUT2D eigenvalue weighted by molar-refractivity contribution is 5.87. The average molecular weight is 410 g/mol. The third kappa shape index (κ3) is 4.74. The smallest absolute Gasteiger partial charge is 0.359 e. The molecule has 1 aliphatic rings. The summed E-state index contributed by atoms with van der Waals surface area (Å²) in [7, 11) is 0. The second kappa shape index (κ2) is 8.64. The third-order valence-electron chi connectivity index (χ3n) is 4.42. The maximum absolute atomic E-state index is 13.0. The number of esters is 1. The van der Waals surface area contributed by atoms with Crippen molar-refractivity contribution in [1.82, 2.24) is 25.1 Å². The van der Waals surface area contributed by atoms with Gasteiger partial charge in [0, 0.05) is 18.8 Å². The number of nitrogen functional groups attached to an aromatic ring is 1. The number of ether oxygens (including phenoxy) is 1. The van der Waals surface area contributed by atoms with Crippen molar-refractivity contribution in [3.8, 4) is 0 Å². The summed E-state index contributed by atoms with van der Waals surface area (Å²) in [5.41, 5.74) is 6.36. The van der Waals surface area contributed by atoms with Crippen LogP contribution in [0.5, 0.6) is 0 Å². The van der Waals surface area contributed by atoms with Crippen molar-refractivity contribution in [2.24, 2.45) is 0 Å². The first kappa shape index (κ1) is 19.4. The highest BCUT2D eigenvalue weighted by Crippen LogP contribution is 2.17. The van der Waals surface area contributed by atoms with Crippen LogP contribution in [0.15, 0.2) is 36.4 Å². The number of carbonyl (C=O) groups is 1. The summed E-state index contributed by atoms with van der Waals surface area (Å²) in [6, 6.07) is 8.98. The van der Waals surface area contributed by atoms with Crippen LogP contribution in [0.3, 0.4) is 0 Å². The molecular formula is C19H19FN8O2. The van der Waals surface area contributed by atoms with Gasteiger partial charge in [0.2, 0.25) is 11.9 Å². The molecule has 0 amide bonds. The summed E-state index contributed by atoms with van der Waals surface area (Å²) < 4.78 is 18.2. The minimum Gasteiger partial charge on any atom is -0.453 e. The topological polar surface area (TPSA) is 132 Å². The Hall–Kier alpha value is -3.89. The van der Waals surface area contributed by atoms with Crippen LogP contribution in [-0.2, 0) is 11.3 Å². The van der Waals surface area contributed by atoms with Crippen LogP contribution in [0.2, 0.25) is 0 Å². The molecule has 1 fully saturated rings. The van der Waals surface area contributed by atoms with Gasteiger partial charge in [-0.05, 0) is 49.2 Å². The van der Waals surface area contributed by atoms with Crippen molar-refractivity contribution in [2.75, 3.05) is 29.0 Å². The van der Waals surface area contributed by atoms with Crippen LogP contribution in [0.25, 0.3) is 0 Å². The van der Waals surface area contributed by atoms with Crippen LogP contribution in [0.1, 0.15) is 29.2 Å². The van der Waals surface area contributed by atoms with Crippen molar-refractivity contribution >= 4 is 29.4 Å². The summed E-state index contributed by atoms with van der Waals surface area (Å²) in [5.74, 6) is -0.0133. The molecule has 1 aliphatic heterocycles. The van der Waals surface area contributed by atoms with E-state index in [9.17, 15) is 9.18 Å². The van der Waals surface area contributed by atoms with E-state index in [0.29, 0.717) is 5.69 Å². The summed E-state index contributed by atoms with van der Waals surface area (Å²) in [5, 5.41) is 10.9. The number of benzene rings is 1. The van der Waals surface area contributed by atoms with Gasteiger partial charge in [-0.15, -0.1) is 10.2 Å². The van der Waals surface area contributed by atoms with E-state index in [0.717, 1.165) is 31.7 Å². The molecule has 10 nitrogen and oxygen atoms in total. The normalized spacial score (nSPS) is 13.3. The number of nitrogens with one attached hydrogen (secondary N) is 1. The second-order valence-electron chi connectivity index (χ2n) is 6.61. The first-order valence-electron chi connectivity index (χ1n) is 9.36. The molecule has 2 aromatic heterocycles. The van der Waals surface area contributed by atoms with Gasteiger partial charge in [-0.25, -0.2) is 9.18 Å². The van der Waals surface area contributed by atoms with Crippen molar-refractivity contribution in [2.45, 2.75) is 19.4 Å². The molecule has 0 atom stereocenters. The van der Waals surface area contributed by atoms with Gasteiger partial charge >= 0.3 is 5.97 Å². The van der Waals surface area contributed by atoms with Gasteiger partial charge in [0.25, 0.3) is 0 Å². The Labute approximate surface area is 171 Å². The molecule has 0 radical (unpaired) electrons. The lowest BCUT2D eigenvalue weighted by molar-refractivity contribution is 0.0454. The lowest BCUT2D eigenvalue weighted by Crippen LogP contribution is -2.20. The number of halogens is 1. The summed E-state index contributed by atoms with van der Waals surface area (Å²) in [6.07, 6.45) is 2.25. The quantitative estimate of drug-likeness (QED) is 0.582. The molecule has 0 spiro atoms. The standard InChI is InChI=1S/C19H19FN8O2/c20-12-3-5-13(6-4-12)22-19-24-15(23-18(21)25-19)11-30-17(29)14-7-8-16(27-26-14)28-9-1-2-10-28/h3-8H,1-2,9-11H2,(H3,21,22,23,24,25). The van der Waals surface area contributed by atoms with Gasteiger partial charge in [0.05, 0.1) is 0 Å². The van der Waals surface area contributed by atoms with Gasteiger partial charge in [-0.1, -0.05) is 0 Å². The molecule has 3 heterocycles. The Kier molecular flexibility index (Phi) is 5.59. The molecule has 1 aromatic carbocycles. The van der Waals surface area contributed by atoms with E-state index in [1.165, 1.54) is 24.3 Å². The number of nitrogens with two attached hydrogens (primary N) is 1. The molecule has 0 bridgehead atoms. The van der Waals surface area contributed by atoms with Gasteiger partial charge in [-0.2, -0.15) is 15.0 Å². The molecular weight excluding hydrogens is 391 g/mol.